The summed E-state index contributed by atoms with van der Waals surface area (Å²) in [5.74, 6) is 1.54. The third kappa shape index (κ3) is 4.43. The lowest BCUT2D eigenvalue weighted by Crippen LogP contribution is -2.33. The molecular weight excluding hydrogens is 230 g/mol. The van der Waals surface area contributed by atoms with Crippen molar-refractivity contribution in [2.24, 2.45) is 11.8 Å². The molecule has 0 aliphatic heterocycles. The van der Waals surface area contributed by atoms with E-state index in [9.17, 15) is 4.21 Å². The molecular formula is C14H25NOS. The van der Waals surface area contributed by atoms with Crippen molar-refractivity contribution in [1.29, 1.82) is 5.26 Å². The molecule has 0 N–H and O–H groups in total. The second-order valence-electron chi connectivity index (χ2n) is 5.18. The van der Waals surface area contributed by atoms with Gasteiger partial charge in [0.25, 0.3) is 0 Å². The van der Waals surface area contributed by atoms with Crippen molar-refractivity contribution < 1.29 is 4.21 Å². The van der Waals surface area contributed by atoms with E-state index in [1.165, 1.54) is 12.8 Å². The molecule has 0 spiro atoms. The highest BCUT2D eigenvalue weighted by Crippen LogP contribution is 2.34. The van der Waals surface area contributed by atoms with Crippen molar-refractivity contribution in [2.75, 3.05) is 5.75 Å². The Morgan fingerprint density at radius 1 is 1.29 bits per heavy atom. The van der Waals surface area contributed by atoms with E-state index < -0.39 is 10.8 Å². The van der Waals surface area contributed by atoms with Crippen LogP contribution in [0.15, 0.2) is 0 Å². The summed E-state index contributed by atoms with van der Waals surface area (Å²) in [5, 5.41) is 9.32. The average molecular weight is 255 g/mol. The summed E-state index contributed by atoms with van der Waals surface area (Å²) < 4.78 is 12.2. The Hall–Kier alpha value is -0.360. The summed E-state index contributed by atoms with van der Waals surface area (Å²) >= 11 is 0. The standard InChI is InChI=1S/C14H25NOS/c1-3-5-9-17(16)14-10-12(6-4-2)7-8-13(14)11-15/h12-14H,3-10H2,1-2H3. The summed E-state index contributed by atoms with van der Waals surface area (Å²) in [7, 11) is -0.783. The molecule has 1 aliphatic carbocycles. The van der Waals surface area contributed by atoms with Gasteiger partial charge in [-0.1, -0.05) is 33.1 Å². The highest BCUT2D eigenvalue weighted by molar-refractivity contribution is 7.85. The van der Waals surface area contributed by atoms with Crippen LogP contribution in [0.5, 0.6) is 0 Å². The van der Waals surface area contributed by atoms with E-state index in [1.54, 1.807) is 0 Å². The van der Waals surface area contributed by atoms with Crippen LogP contribution in [-0.2, 0) is 10.8 Å². The molecule has 0 aromatic carbocycles. The van der Waals surface area contributed by atoms with Gasteiger partial charge in [-0.25, -0.2) is 0 Å². The summed E-state index contributed by atoms with van der Waals surface area (Å²) in [6, 6.07) is 2.38. The fourth-order valence-corrected chi connectivity index (χ4v) is 4.68. The zero-order valence-corrected chi connectivity index (χ0v) is 12.0. The van der Waals surface area contributed by atoms with Gasteiger partial charge in [0.05, 0.1) is 17.2 Å². The van der Waals surface area contributed by atoms with Crippen LogP contribution in [0.2, 0.25) is 0 Å². The van der Waals surface area contributed by atoms with E-state index in [1.807, 2.05) is 0 Å². The minimum Gasteiger partial charge on any atom is -0.259 e. The number of rotatable bonds is 6. The lowest BCUT2D eigenvalue weighted by atomic mass is 9.80. The van der Waals surface area contributed by atoms with Gasteiger partial charge in [0.1, 0.15) is 0 Å². The number of hydrogen-bond donors (Lipinski definition) is 0. The molecule has 3 heteroatoms. The second-order valence-corrected chi connectivity index (χ2v) is 6.96. The van der Waals surface area contributed by atoms with E-state index in [4.69, 9.17) is 5.26 Å². The first-order valence-electron chi connectivity index (χ1n) is 6.99. The Morgan fingerprint density at radius 3 is 2.65 bits per heavy atom. The first-order valence-corrected chi connectivity index (χ1v) is 8.37. The maximum Gasteiger partial charge on any atom is 0.0668 e. The van der Waals surface area contributed by atoms with Crippen molar-refractivity contribution in [3.8, 4) is 6.07 Å². The molecule has 17 heavy (non-hydrogen) atoms. The molecule has 1 saturated carbocycles. The van der Waals surface area contributed by atoms with Crippen LogP contribution in [0.4, 0.5) is 0 Å². The SMILES string of the molecule is CCCCS(=O)C1CC(CCC)CCC1C#N. The Labute approximate surface area is 108 Å². The van der Waals surface area contributed by atoms with Crippen LogP contribution in [0.25, 0.3) is 0 Å². The third-order valence-corrected chi connectivity index (χ3v) is 5.69. The minimum atomic E-state index is -0.783. The molecule has 0 amide bonds. The Kier molecular flexibility index (Phi) is 6.80. The number of nitriles is 1. The van der Waals surface area contributed by atoms with Crippen molar-refractivity contribution in [3.05, 3.63) is 0 Å². The Bertz CT molecular complexity index is 284. The van der Waals surface area contributed by atoms with Gasteiger partial charge < -0.3 is 0 Å². The molecule has 98 valence electrons. The van der Waals surface area contributed by atoms with Crippen LogP contribution in [0.1, 0.15) is 58.8 Å². The molecule has 4 atom stereocenters. The van der Waals surface area contributed by atoms with Gasteiger partial charge in [0.15, 0.2) is 0 Å². The lowest BCUT2D eigenvalue weighted by Gasteiger charge is -2.32. The van der Waals surface area contributed by atoms with E-state index >= 15 is 0 Å². The minimum absolute atomic E-state index is 0.0424. The molecule has 4 unspecified atom stereocenters. The molecule has 0 aromatic rings. The van der Waals surface area contributed by atoms with Crippen LogP contribution >= 0.6 is 0 Å². The van der Waals surface area contributed by atoms with Crippen LogP contribution in [0.3, 0.4) is 0 Å². The molecule has 0 heterocycles. The van der Waals surface area contributed by atoms with Gasteiger partial charge in [-0.3, -0.25) is 4.21 Å². The highest BCUT2D eigenvalue weighted by atomic mass is 32.2. The molecule has 1 fully saturated rings. The van der Waals surface area contributed by atoms with Crippen molar-refractivity contribution in [2.45, 2.75) is 64.0 Å². The second kappa shape index (κ2) is 7.87. The van der Waals surface area contributed by atoms with Gasteiger partial charge in [0, 0.05) is 16.6 Å². The molecule has 0 saturated heterocycles. The summed E-state index contributed by atoms with van der Waals surface area (Å²) in [4.78, 5) is 0. The number of unbranched alkanes of at least 4 members (excludes halogenated alkanes) is 1. The van der Waals surface area contributed by atoms with Crippen molar-refractivity contribution in [3.63, 3.8) is 0 Å². The van der Waals surface area contributed by atoms with Gasteiger partial charge in [-0.05, 0) is 31.6 Å². The Morgan fingerprint density at radius 2 is 2.06 bits per heavy atom. The highest BCUT2D eigenvalue weighted by Gasteiger charge is 2.33. The molecule has 0 bridgehead atoms. The zero-order chi connectivity index (χ0) is 12.7. The van der Waals surface area contributed by atoms with E-state index in [0.717, 1.165) is 37.9 Å². The van der Waals surface area contributed by atoms with Gasteiger partial charge in [-0.15, -0.1) is 0 Å². The average Bonchev–Trinajstić information content (AvgIpc) is 2.36. The van der Waals surface area contributed by atoms with Crippen LogP contribution in [-0.4, -0.2) is 15.2 Å². The summed E-state index contributed by atoms with van der Waals surface area (Å²) in [6.45, 7) is 4.33. The predicted octanol–water partition coefficient (Wildman–Crippen LogP) is 3.64. The molecule has 1 aliphatic rings. The van der Waals surface area contributed by atoms with Crippen LogP contribution in [0, 0.1) is 23.2 Å². The number of nitrogens with zero attached hydrogens (tertiary/aromatic N) is 1. The molecule has 2 nitrogen and oxygen atoms in total. The third-order valence-electron chi connectivity index (χ3n) is 3.80. The quantitative estimate of drug-likeness (QED) is 0.727. The van der Waals surface area contributed by atoms with Crippen LogP contribution < -0.4 is 0 Å². The van der Waals surface area contributed by atoms with Crippen molar-refractivity contribution >= 4 is 10.8 Å². The Balaban J connectivity index is 2.56. The van der Waals surface area contributed by atoms with Gasteiger partial charge in [-0.2, -0.15) is 5.26 Å². The number of hydrogen-bond acceptors (Lipinski definition) is 2. The monoisotopic (exact) mass is 255 g/mol. The van der Waals surface area contributed by atoms with Gasteiger partial charge in [0.2, 0.25) is 0 Å². The first kappa shape index (κ1) is 14.7. The molecule has 1 rings (SSSR count). The maximum absolute atomic E-state index is 12.2. The fraction of sp³-hybridized carbons (Fsp3) is 0.929. The molecule has 0 aromatic heterocycles. The lowest BCUT2D eigenvalue weighted by molar-refractivity contribution is 0.303. The predicted molar refractivity (Wildman–Crippen MR) is 73.1 cm³/mol. The maximum atomic E-state index is 12.2. The fourth-order valence-electron chi connectivity index (χ4n) is 2.76. The van der Waals surface area contributed by atoms with E-state index in [-0.39, 0.29) is 11.2 Å². The topological polar surface area (TPSA) is 40.9 Å². The van der Waals surface area contributed by atoms with E-state index in [2.05, 4.69) is 19.9 Å². The smallest absolute Gasteiger partial charge is 0.0668 e. The summed E-state index contributed by atoms with van der Waals surface area (Å²) in [6.07, 6.45) is 7.70. The van der Waals surface area contributed by atoms with Crippen molar-refractivity contribution in [1.82, 2.24) is 0 Å². The normalized spacial score (nSPS) is 30.8. The first-order chi connectivity index (χ1) is 8.22. The van der Waals surface area contributed by atoms with E-state index in [0.29, 0.717) is 5.92 Å². The zero-order valence-electron chi connectivity index (χ0n) is 11.2. The largest absolute Gasteiger partial charge is 0.259 e. The van der Waals surface area contributed by atoms with Gasteiger partial charge >= 0.3 is 0 Å². The summed E-state index contributed by atoms with van der Waals surface area (Å²) in [5.41, 5.74) is 0. The molecule has 0 radical (unpaired) electrons.